The number of nitrogens with one attached hydrogen (secondary N) is 1. The first-order valence-corrected chi connectivity index (χ1v) is 5.34. The summed E-state index contributed by atoms with van der Waals surface area (Å²) in [6.45, 7) is 0. The van der Waals surface area contributed by atoms with Crippen molar-refractivity contribution in [1.82, 2.24) is 15.2 Å². The minimum atomic E-state index is 0.0322. The van der Waals surface area contributed by atoms with Crippen molar-refractivity contribution in [2.24, 2.45) is 0 Å². The molecule has 4 aromatic rings. The Morgan fingerprint density at radius 2 is 1.88 bits per heavy atom. The summed E-state index contributed by atoms with van der Waals surface area (Å²) in [6.07, 6.45) is 1.79. The van der Waals surface area contributed by atoms with E-state index in [1.165, 1.54) is 0 Å². The highest BCUT2D eigenvalue weighted by molar-refractivity contribution is 6.17. The third-order valence-electron chi connectivity index (χ3n) is 3.12. The summed E-state index contributed by atoms with van der Waals surface area (Å²) in [7, 11) is 0. The molecule has 0 aliphatic heterocycles. The molecular weight excluding hydrogens is 214 g/mol. The molecule has 2 aromatic carbocycles. The van der Waals surface area contributed by atoms with Gasteiger partial charge in [0.2, 0.25) is 0 Å². The van der Waals surface area contributed by atoms with Crippen LogP contribution >= 0.6 is 0 Å². The molecule has 4 rings (SSSR count). The zero-order valence-electron chi connectivity index (χ0n) is 8.77. The summed E-state index contributed by atoms with van der Waals surface area (Å²) >= 11 is 0. The van der Waals surface area contributed by atoms with E-state index in [0.717, 1.165) is 21.9 Å². The molecule has 0 spiro atoms. The summed E-state index contributed by atoms with van der Waals surface area (Å²) in [5.74, 6) is 0. The van der Waals surface area contributed by atoms with Gasteiger partial charge in [-0.2, -0.15) is 0 Å². The van der Waals surface area contributed by atoms with Gasteiger partial charge in [0.1, 0.15) is 5.52 Å². The third kappa shape index (κ3) is 0.945. The fraction of sp³-hybridized carbons (Fsp3) is 0. The maximum absolute atomic E-state index is 12.3. The molecule has 0 saturated heterocycles. The molecule has 0 bridgehead atoms. The SMILES string of the molecule is O=c1c2ccc[nH]c2c2nnc3cccc1c32. The lowest BCUT2D eigenvalue weighted by atomic mass is 10.0. The monoisotopic (exact) mass is 221 g/mol. The number of rotatable bonds is 0. The summed E-state index contributed by atoms with van der Waals surface area (Å²) in [5.41, 5.74) is 2.34. The van der Waals surface area contributed by atoms with Crippen molar-refractivity contribution in [3.8, 4) is 0 Å². The fourth-order valence-electron chi connectivity index (χ4n) is 2.36. The number of aromatic amines is 1. The Bertz CT molecular complexity index is 911. The summed E-state index contributed by atoms with van der Waals surface area (Å²) in [5, 5.41) is 10.5. The van der Waals surface area contributed by atoms with Crippen LogP contribution in [-0.2, 0) is 0 Å². The Morgan fingerprint density at radius 3 is 2.82 bits per heavy atom. The van der Waals surface area contributed by atoms with E-state index in [1.807, 2.05) is 30.3 Å². The number of hydrogen-bond donors (Lipinski definition) is 1. The number of benzene rings is 2. The normalized spacial score (nSPS) is 11.8. The van der Waals surface area contributed by atoms with E-state index in [4.69, 9.17) is 0 Å². The van der Waals surface area contributed by atoms with E-state index in [0.29, 0.717) is 10.8 Å². The van der Waals surface area contributed by atoms with Crippen LogP contribution in [0.5, 0.6) is 0 Å². The highest BCUT2D eigenvalue weighted by atomic mass is 16.1. The number of fused-ring (bicyclic) bond motifs is 2. The largest absolute Gasteiger partial charge is 0.359 e. The van der Waals surface area contributed by atoms with Crippen molar-refractivity contribution in [2.45, 2.75) is 0 Å². The van der Waals surface area contributed by atoms with Crippen molar-refractivity contribution in [3.05, 3.63) is 46.8 Å². The van der Waals surface area contributed by atoms with Crippen LogP contribution in [0.15, 0.2) is 41.3 Å². The molecule has 0 radical (unpaired) electrons. The average molecular weight is 221 g/mol. The van der Waals surface area contributed by atoms with Crippen molar-refractivity contribution in [2.75, 3.05) is 0 Å². The summed E-state index contributed by atoms with van der Waals surface area (Å²) < 4.78 is 0. The Hall–Kier alpha value is -2.49. The van der Waals surface area contributed by atoms with Gasteiger partial charge in [-0.15, -0.1) is 10.2 Å². The molecule has 2 aromatic heterocycles. The van der Waals surface area contributed by atoms with Gasteiger partial charge in [0.05, 0.1) is 11.0 Å². The van der Waals surface area contributed by atoms with Crippen molar-refractivity contribution < 1.29 is 0 Å². The fourth-order valence-corrected chi connectivity index (χ4v) is 2.36. The molecule has 0 unspecified atom stereocenters. The van der Waals surface area contributed by atoms with Crippen molar-refractivity contribution >= 4 is 32.7 Å². The predicted octanol–water partition coefficient (Wildman–Crippen LogP) is 2.06. The van der Waals surface area contributed by atoms with Gasteiger partial charge in [0, 0.05) is 22.4 Å². The first kappa shape index (κ1) is 8.64. The summed E-state index contributed by atoms with van der Waals surface area (Å²) in [4.78, 5) is 15.4. The number of pyridine rings is 1. The van der Waals surface area contributed by atoms with E-state index in [2.05, 4.69) is 15.2 Å². The molecule has 0 saturated carbocycles. The molecule has 0 fully saturated rings. The predicted molar refractivity (Wildman–Crippen MR) is 66.4 cm³/mol. The van der Waals surface area contributed by atoms with Crippen LogP contribution in [0, 0.1) is 0 Å². The number of nitrogens with zero attached hydrogens (tertiary/aromatic N) is 2. The Labute approximate surface area is 95.2 Å². The molecule has 0 aliphatic rings. The van der Waals surface area contributed by atoms with E-state index in [-0.39, 0.29) is 5.43 Å². The average Bonchev–Trinajstić information content (AvgIpc) is 2.81. The highest BCUT2D eigenvalue weighted by Crippen LogP contribution is 2.26. The molecule has 0 atom stereocenters. The van der Waals surface area contributed by atoms with Crippen LogP contribution in [0.25, 0.3) is 32.7 Å². The van der Waals surface area contributed by atoms with Crippen LogP contribution in [0.2, 0.25) is 0 Å². The molecule has 17 heavy (non-hydrogen) atoms. The lowest BCUT2D eigenvalue weighted by Gasteiger charge is -2.00. The molecule has 80 valence electrons. The smallest absolute Gasteiger partial charge is 0.195 e. The Kier molecular flexibility index (Phi) is 1.42. The molecule has 1 N–H and O–H groups in total. The van der Waals surface area contributed by atoms with Crippen LogP contribution < -0.4 is 5.43 Å². The molecule has 0 aliphatic carbocycles. The number of hydrogen-bond acceptors (Lipinski definition) is 3. The topological polar surface area (TPSA) is 58.6 Å². The second-order valence-corrected chi connectivity index (χ2v) is 4.04. The van der Waals surface area contributed by atoms with Gasteiger partial charge >= 0.3 is 0 Å². The van der Waals surface area contributed by atoms with Gasteiger partial charge < -0.3 is 4.98 Å². The third-order valence-corrected chi connectivity index (χ3v) is 3.12. The van der Waals surface area contributed by atoms with Gasteiger partial charge in [-0.05, 0) is 18.2 Å². The lowest BCUT2D eigenvalue weighted by Crippen LogP contribution is -2.02. The Morgan fingerprint density at radius 1 is 1.00 bits per heavy atom. The first-order valence-electron chi connectivity index (χ1n) is 5.34. The van der Waals surface area contributed by atoms with E-state index in [1.54, 1.807) is 6.20 Å². The van der Waals surface area contributed by atoms with Gasteiger partial charge in [-0.1, -0.05) is 12.1 Å². The van der Waals surface area contributed by atoms with Gasteiger partial charge in [-0.25, -0.2) is 0 Å². The highest BCUT2D eigenvalue weighted by Gasteiger charge is 2.14. The minimum absolute atomic E-state index is 0.0322. The number of H-pyrrole nitrogens is 1. The van der Waals surface area contributed by atoms with Gasteiger partial charge in [-0.3, -0.25) is 4.79 Å². The van der Waals surface area contributed by atoms with Crippen LogP contribution in [0.1, 0.15) is 0 Å². The van der Waals surface area contributed by atoms with E-state index < -0.39 is 0 Å². The van der Waals surface area contributed by atoms with Gasteiger partial charge in [0.25, 0.3) is 0 Å². The molecule has 4 heteroatoms. The molecule has 4 nitrogen and oxygen atoms in total. The number of aromatic nitrogens is 3. The van der Waals surface area contributed by atoms with Crippen LogP contribution in [-0.4, -0.2) is 15.2 Å². The van der Waals surface area contributed by atoms with E-state index in [9.17, 15) is 4.79 Å². The summed E-state index contributed by atoms with van der Waals surface area (Å²) in [6, 6.07) is 9.17. The molecule has 0 amide bonds. The zero-order valence-corrected chi connectivity index (χ0v) is 8.77. The van der Waals surface area contributed by atoms with Crippen molar-refractivity contribution in [3.63, 3.8) is 0 Å². The van der Waals surface area contributed by atoms with Crippen molar-refractivity contribution in [1.29, 1.82) is 0 Å². The molecule has 2 heterocycles. The van der Waals surface area contributed by atoms with Gasteiger partial charge in [0.15, 0.2) is 5.43 Å². The minimum Gasteiger partial charge on any atom is -0.359 e. The maximum Gasteiger partial charge on any atom is 0.195 e. The second-order valence-electron chi connectivity index (χ2n) is 4.04. The van der Waals surface area contributed by atoms with E-state index >= 15 is 0 Å². The zero-order chi connectivity index (χ0) is 11.4. The van der Waals surface area contributed by atoms with Crippen LogP contribution in [0.3, 0.4) is 0 Å². The Balaban J connectivity index is 2.53. The standard InChI is InChI=1S/C13H7N3O/c17-13-7-3-1-5-9-10(7)12(16-15-9)11-8(13)4-2-6-14-11/h1-6,14H. The molecular formula is C13H7N3O. The van der Waals surface area contributed by atoms with Crippen LogP contribution in [0.4, 0.5) is 0 Å². The maximum atomic E-state index is 12.3. The lowest BCUT2D eigenvalue weighted by molar-refractivity contribution is 1.15. The first-order chi connectivity index (χ1) is 8.36. The quantitative estimate of drug-likeness (QED) is 0.462. The second kappa shape index (κ2) is 2.79.